The average molecular weight is 322 g/mol. The molecule has 1 aromatic rings. The van der Waals surface area contributed by atoms with Crippen LogP contribution in [0.25, 0.3) is 0 Å². The van der Waals surface area contributed by atoms with Gasteiger partial charge in [0.2, 0.25) is 0 Å². The van der Waals surface area contributed by atoms with Gasteiger partial charge in [-0.1, -0.05) is 6.07 Å². The fourth-order valence-electron chi connectivity index (χ4n) is 1.26. The number of hydrogen-bond donors (Lipinski definition) is 4. The molecule has 0 atom stereocenters. The molecule has 5 nitrogen and oxygen atoms in total. The van der Waals surface area contributed by atoms with Crippen molar-refractivity contribution in [3.8, 4) is 0 Å². The second kappa shape index (κ2) is 6.24. The van der Waals surface area contributed by atoms with Gasteiger partial charge in [-0.15, -0.1) is 0 Å². The van der Waals surface area contributed by atoms with Crippen LogP contribution in [0.1, 0.15) is 10.4 Å². The third kappa shape index (κ3) is 3.05. The summed E-state index contributed by atoms with van der Waals surface area (Å²) in [6.45, 7) is -1.92. The highest BCUT2D eigenvalue weighted by atomic mass is 79.9. The van der Waals surface area contributed by atoms with Crippen LogP contribution in [-0.4, -0.2) is 46.6 Å². The van der Waals surface area contributed by atoms with E-state index in [9.17, 15) is 9.18 Å². The third-order valence-electron chi connectivity index (χ3n) is 2.48. The lowest BCUT2D eigenvalue weighted by Crippen LogP contribution is -2.57. The van der Waals surface area contributed by atoms with Crippen LogP contribution >= 0.6 is 15.9 Å². The van der Waals surface area contributed by atoms with Gasteiger partial charge in [-0.3, -0.25) is 4.79 Å². The summed E-state index contributed by atoms with van der Waals surface area (Å²) in [5, 5.41) is 29.5. The molecule has 0 fully saturated rings. The Kier molecular flexibility index (Phi) is 5.21. The van der Waals surface area contributed by atoms with E-state index < -0.39 is 37.1 Å². The molecule has 1 rings (SSSR count). The predicted octanol–water partition coefficient (Wildman–Crippen LogP) is 0.0337. The monoisotopic (exact) mass is 321 g/mol. The number of nitrogens with one attached hydrogen (secondary N) is 1. The maximum absolute atomic E-state index is 13.2. The molecule has 18 heavy (non-hydrogen) atoms. The van der Waals surface area contributed by atoms with Gasteiger partial charge >= 0.3 is 0 Å². The van der Waals surface area contributed by atoms with E-state index in [2.05, 4.69) is 21.2 Å². The number of halogens is 2. The van der Waals surface area contributed by atoms with Gasteiger partial charge in [0.05, 0.1) is 29.9 Å². The summed E-state index contributed by atoms with van der Waals surface area (Å²) in [7, 11) is 0. The molecule has 0 aliphatic carbocycles. The minimum atomic E-state index is -1.54. The van der Waals surface area contributed by atoms with E-state index in [0.29, 0.717) is 0 Å². The molecule has 100 valence electrons. The molecule has 0 aromatic heterocycles. The Bertz CT molecular complexity index is 429. The summed E-state index contributed by atoms with van der Waals surface area (Å²) in [5.41, 5.74) is -1.53. The highest BCUT2D eigenvalue weighted by Crippen LogP contribution is 2.20. The van der Waals surface area contributed by atoms with E-state index >= 15 is 0 Å². The topological polar surface area (TPSA) is 89.8 Å². The summed E-state index contributed by atoms with van der Waals surface area (Å²) < 4.78 is 13.2. The lowest BCUT2D eigenvalue weighted by molar-refractivity contribution is 0.0375. The quantitative estimate of drug-likeness (QED) is 0.616. The molecule has 0 saturated heterocycles. The van der Waals surface area contributed by atoms with E-state index in [0.717, 1.165) is 0 Å². The largest absolute Gasteiger partial charge is 0.394 e. The smallest absolute Gasteiger partial charge is 0.253 e. The van der Waals surface area contributed by atoms with Crippen molar-refractivity contribution < 1.29 is 24.5 Å². The Morgan fingerprint density at radius 3 is 2.33 bits per heavy atom. The Hall–Kier alpha value is -1.02. The minimum absolute atomic E-state index is 0.00900. The zero-order chi connectivity index (χ0) is 13.8. The molecule has 0 saturated carbocycles. The lowest BCUT2D eigenvalue weighted by atomic mass is 10.0. The van der Waals surface area contributed by atoms with Gasteiger partial charge in [0.1, 0.15) is 11.4 Å². The maximum Gasteiger partial charge on any atom is 0.253 e. The molecule has 1 amide bonds. The van der Waals surface area contributed by atoms with Gasteiger partial charge < -0.3 is 20.6 Å². The number of carbonyl (C=O) groups excluding carboxylic acids is 1. The molecule has 0 radical (unpaired) electrons. The van der Waals surface area contributed by atoms with Crippen LogP contribution in [0.5, 0.6) is 0 Å². The normalized spacial score (nSPS) is 11.4. The van der Waals surface area contributed by atoms with E-state index in [4.69, 9.17) is 15.3 Å². The number of amides is 1. The number of aliphatic hydroxyl groups is 3. The number of benzene rings is 1. The van der Waals surface area contributed by atoms with Crippen molar-refractivity contribution in [3.63, 3.8) is 0 Å². The van der Waals surface area contributed by atoms with Crippen molar-refractivity contribution in [1.82, 2.24) is 5.32 Å². The van der Waals surface area contributed by atoms with Crippen LogP contribution in [0.2, 0.25) is 0 Å². The lowest BCUT2D eigenvalue weighted by Gasteiger charge is -2.28. The summed E-state index contributed by atoms with van der Waals surface area (Å²) in [6, 6.07) is 3.91. The molecule has 1 aromatic carbocycles. The first-order valence-corrected chi connectivity index (χ1v) is 5.88. The number of rotatable bonds is 5. The SMILES string of the molecule is O=C(NC(CO)(CO)CO)c1cccc(F)c1Br. The van der Waals surface area contributed by atoms with Gasteiger partial charge in [-0.05, 0) is 28.1 Å². The van der Waals surface area contributed by atoms with Crippen molar-refractivity contribution in [2.75, 3.05) is 19.8 Å². The van der Waals surface area contributed by atoms with E-state index in [1.54, 1.807) is 0 Å². The van der Waals surface area contributed by atoms with E-state index in [1.165, 1.54) is 18.2 Å². The van der Waals surface area contributed by atoms with E-state index in [1.807, 2.05) is 0 Å². The standard InChI is InChI=1S/C11H13BrFNO4/c12-9-7(2-1-3-8(9)13)10(18)14-11(4-15,5-16)6-17/h1-3,15-17H,4-6H2,(H,14,18). The molecule has 0 spiro atoms. The van der Waals surface area contributed by atoms with Gasteiger partial charge in [0.25, 0.3) is 5.91 Å². The highest BCUT2D eigenvalue weighted by Gasteiger charge is 2.31. The fourth-order valence-corrected chi connectivity index (χ4v) is 1.70. The Morgan fingerprint density at radius 1 is 1.28 bits per heavy atom. The van der Waals surface area contributed by atoms with Gasteiger partial charge in [-0.25, -0.2) is 4.39 Å². The first kappa shape index (κ1) is 15.0. The van der Waals surface area contributed by atoms with Crippen LogP contribution in [0.3, 0.4) is 0 Å². The Labute approximate surface area is 111 Å². The van der Waals surface area contributed by atoms with Crippen LogP contribution in [0.15, 0.2) is 22.7 Å². The molecule has 0 heterocycles. The number of aliphatic hydroxyl groups excluding tert-OH is 3. The summed E-state index contributed by atoms with van der Waals surface area (Å²) >= 11 is 2.93. The molecule has 0 unspecified atom stereocenters. The molecule has 0 aliphatic rings. The van der Waals surface area contributed by atoms with Crippen LogP contribution in [-0.2, 0) is 0 Å². The van der Waals surface area contributed by atoms with Crippen LogP contribution < -0.4 is 5.32 Å². The van der Waals surface area contributed by atoms with Crippen LogP contribution in [0, 0.1) is 5.82 Å². The van der Waals surface area contributed by atoms with Crippen LogP contribution in [0.4, 0.5) is 4.39 Å². The third-order valence-corrected chi connectivity index (χ3v) is 3.29. The highest BCUT2D eigenvalue weighted by molar-refractivity contribution is 9.10. The summed E-state index contributed by atoms with van der Waals surface area (Å²) in [6.07, 6.45) is 0. The zero-order valence-corrected chi connectivity index (χ0v) is 10.9. The zero-order valence-electron chi connectivity index (χ0n) is 9.36. The molecule has 0 aliphatic heterocycles. The maximum atomic E-state index is 13.2. The van der Waals surface area contributed by atoms with Crippen molar-refractivity contribution in [3.05, 3.63) is 34.1 Å². The van der Waals surface area contributed by atoms with Crippen molar-refractivity contribution >= 4 is 21.8 Å². The second-order valence-corrected chi connectivity index (χ2v) is 4.60. The fraction of sp³-hybridized carbons (Fsp3) is 0.364. The van der Waals surface area contributed by atoms with Crippen molar-refractivity contribution in [2.45, 2.75) is 5.54 Å². The summed E-state index contributed by atoms with van der Waals surface area (Å²) in [4.78, 5) is 11.9. The average Bonchev–Trinajstić information content (AvgIpc) is 2.39. The second-order valence-electron chi connectivity index (χ2n) is 3.81. The molecule has 7 heteroatoms. The van der Waals surface area contributed by atoms with Gasteiger partial charge in [0, 0.05) is 0 Å². The van der Waals surface area contributed by atoms with Gasteiger partial charge in [0.15, 0.2) is 0 Å². The number of carbonyl (C=O) groups is 1. The first-order chi connectivity index (χ1) is 8.49. The molecular weight excluding hydrogens is 309 g/mol. The van der Waals surface area contributed by atoms with E-state index in [-0.39, 0.29) is 10.0 Å². The molecular formula is C11H13BrFNO4. The molecule has 4 N–H and O–H groups in total. The summed E-state index contributed by atoms with van der Waals surface area (Å²) in [5.74, 6) is -1.32. The Balaban J connectivity index is 2.98. The van der Waals surface area contributed by atoms with Crippen molar-refractivity contribution in [1.29, 1.82) is 0 Å². The molecule has 0 bridgehead atoms. The minimum Gasteiger partial charge on any atom is -0.394 e. The van der Waals surface area contributed by atoms with Crippen molar-refractivity contribution in [2.24, 2.45) is 0 Å². The number of hydrogen-bond acceptors (Lipinski definition) is 4. The first-order valence-electron chi connectivity index (χ1n) is 5.09. The predicted molar refractivity (Wildman–Crippen MR) is 65.6 cm³/mol. The Morgan fingerprint density at radius 2 is 1.83 bits per heavy atom. The van der Waals surface area contributed by atoms with Gasteiger partial charge in [-0.2, -0.15) is 0 Å².